The van der Waals surface area contributed by atoms with Gasteiger partial charge in [-0.1, -0.05) is 20.3 Å². The van der Waals surface area contributed by atoms with Crippen LogP contribution in [-0.2, 0) is 24.9 Å². The van der Waals surface area contributed by atoms with Crippen LogP contribution in [0.1, 0.15) is 73.5 Å². The minimum atomic E-state index is -4.17. The highest BCUT2D eigenvalue weighted by Gasteiger charge is 2.31. The molecule has 1 saturated carbocycles. The van der Waals surface area contributed by atoms with Crippen LogP contribution >= 0.6 is 0 Å². The van der Waals surface area contributed by atoms with E-state index in [-0.39, 0.29) is 23.4 Å². The van der Waals surface area contributed by atoms with Crippen LogP contribution in [-0.4, -0.2) is 63.6 Å². The number of aromatic nitrogens is 2. The maximum Gasteiger partial charge on any atom is 0.353 e. The van der Waals surface area contributed by atoms with E-state index in [2.05, 4.69) is 30.4 Å². The van der Waals surface area contributed by atoms with E-state index in [1.807, 2.05) is 20.0 Å². The van der Waals surface area contributed by atoms with Crippen molar-refractivity contribution in [3.05, 3.63) is 47.5 Å². The molecular weight excluding hydrogens is 532 g/mol. The third kappa shape index (κ3) is 10.3. The molecule has 0 saturated heterocycles. The third-order valence-corrected chi connectivity index (χ3v) is 7.54. The zero-order chi connectivity index (χ0) is 29.1. The Bertz CT molecular complexity index is 1260. The van der Waals surface area contributed by atoms with Crippen LogP contribution in [0.25, 0.3) is 0 Å². The van der Waals surface area contributed by atoms with Crippen molar-refractivity contribution < 1.29 is 27.3 Å². The molecule has 14 heteroatoms. The van der Waals surface area contributed by atoms with Crippen LogP contribution in [0, 0.1) is 12.8 Å². The highest BCUT2D eigenvalue weighted by Crippen LogP contribution is 2.37. The number of nitrogens with zero attached hydrogens (tertiary/aromatic N) is 2. The summed E-state index contributed by atoms with van der Waals surface area (Å²) in [5.41, 5.74) is 1.17. The maximum atomic E-state index is 12.1. The SMILES string of the molecule is C=S(N)(=O)n1ccc(C)c1.CCC.CNCCNC(=O)C1CCC(c2ccn(S(N)(=O)=O)c2C(=O)O)CC1. The first-order valence-corrected chi connectivity index (χ1v) is 15.6. The van der Waals surface area contributed by atoms with Gasteiger partial charge in [0.05, 0.1) is 0 Å². The number of nitrogens with one attached hydrogen (secondary N) is 2. The van der Waals surface area contributed by atoms with Crippen molar-refractivity contribution in [1.29, 1.82) is 0 Å². The molecule has 38 heavy (non-hydrogen) atoms. The number of carboxylic acid groups (broad SMARTS) is 1. The predicted octanol–water partition coefficient (Wildman–Crippen LogP) is 1.41. The predicted molar refractivity (Wildman–Crippen MR) is 152 cm³/mol. The van der Waals surface area contributed by atoms with Gasteiger partial charge in [0.15, 0.2) is 0 Å². The summed E-state index contributed by atoms with van der Waals surface area (Å²) < 4.78 is 36.1. The van der Waals surface area contributed by atoms with E-state index in [9.17, 15) is 27.3 Å². The molecule has 1 unspecified atom stereocenters. The molecule has 0 aliphatic heterocycles. The number of amides is 1. The first kappa shape index (κ1) is 33.4. The molecule has 0 radical (unpaired) electrons. The molecule has 2 aromatic rings. The maximum absolute atomic E-state index is 12.1. The number of hydrogen-bond donors (Lipinski definition) is 5. The molecule has 0 spiro atoms. The van der Waals surface area contributed by atoms with Gasteiger partial charge in [0.2, 0.25) is 5.91 Å². The van der Waals surface area contributed by atoms with Crippen molar-refractivity contribution in [2.45, 2.75) is 58.8 Å². The van der Waals surface area contributed by atoms with E-state index in [0.717, 1.165) is 5.56 Å². The molecule has 1 amide bonds. The van der Waals surface area contributed by atoms with Crippen LogP contribution in [0.2, 0.25) is 0 Å². The number of aromatic carboxylic acids is 1. The summed E-state index contributed by atoms with van der Waals surface area (Å²) >= 11 is 0. The molecule has 7 N–H and O–H groups in total. The summed E-state index contributed by atoms with van der Waals surface area (Å²) in [6.45, 7) is 7.42. The quantitative estimate of drug-likeness (QED) is 0.232. The van der Waals surface area contributed by atoms with Crippen molar-refractivity contribution in [2.24, 2.45) is 16.2 Å². The van der Waals surface area contributed by atoms with E-state index < -0.39 is 26.1 Å². The number of hydrogen-bond acceptors (Lipinski definition) is 6. The summed E-state index contributed by atoms with van der Waals surface area (Å²) in [4.78, 5) is 23.6. The first-order valence-electron chi connectivity index (χ1n) is 12.4. The first-order chi connectivity index (χ1) is 17.7. The van der Waals surface area contributed by atoms with Crippen LogP contribution in [0.3, 0.4) is 0 Å². The molecule has 2 aromatic heterocycles. The lowest BCUT2D eigenvalue weighted by Crippen LogP contribution is -2.36. The van der Waals surface area contributed by atoms with Gasteiger partial charge in [0, 0.05) is 37.6 Å². The van der Waals surface area contributed by atoms with E-state index >= 15 is 0 Å². The Labute approximate surface area is 226 Å². The fourth-order valence-electron chi connectivity index (χ4n) is 3.98. The van der Waals surface area contributed by atoms with Crippen LogP contribution < -0.4 is 20.9 Å². The van der Waals surface area contributed by atoms with Crippen molar-refractivity contribution in [2.75, 3.05) is 20.1 Å². The molecule has 1 atom stereocenters. The average Bonchev–Trinajstić information content (AvgIpc) is 3.47. The average molecular weight is 575 g/mol. The molecule has 1 fully saturated rings. The topological polar surface area (TPSA) is 192 Å². The van der Waals surface area contributed by atoms with E-state index in [1.165, 1.54) is 22.7 Å². The van der Waals surface area contributed by atoms with E-state index in [1.54, 1.807) is 12.4 Å². The normalized spacial score (nSPS) is 18.7. The lowest BCUT2D eigenvalue weighted by atomic mass is 9.78. The number of carbonyl (C=O) groups is 2. The van der Waals surface area contributed by atoms with Gasteiger partial charge in [-0.05, 0) is 74.7 Å². The second kappa shape index (κ2) is 15.1. The lowest BCUT2D eigenvalue weighted by molar-refractivity contribution is -0.125. The zero-order valence-electron chi connectivity index (χ0n) is 22.6. The Morgan fingerprint density at radius 1 is 1.08 bits per heavy atom. The van der Waals surface area contributed by atoms with Crippen LogP contribution in [0.4, 0.5) is 0 Å². The Hall–Kier alpha value is -2.65. The van der Waals surface area contributed by atoms with Crippen LogP contribution in [0.15, 0.2) is 30.7 Å². The van der Waals surface area contributed by atoms with Crippen molar-refractivity contribution in [3.8, 4) is 0 Å². The molecule has 2 heterocycles. The van der Waals surface area contributed by atoms with Gasteiger partial charge in [0.1, 0.15) is 15.6 Å². The number of aryl methyl sites for hydroxylation is 1. The van der Waals surface area contributed by atoms with Gasteiger partial charge in [0.25, 0.3) is 0 Å². The highest BCUT2D eigenvalue weighted by atomic mass is 32.2. The van der Waals surface area contributed by atoms with Gasteiger partial charge in [-0.3, -0.25) is 8.77 Å². The third-order valence-electron chi connectivity index (χ3n) is 5.74. The molecule has 12 nitrogen and oxygen atoms in total. The molecule has 0 aromatic carbocycles. The standard InChI is InChI=1S/C15H24N4O5S.C6H10N2OS.C3H8/c1-17-7-8-18-14(20)11-4-2-10(3-5-11)12-6-9-19(25(16,23)24)13(12)15(21)22;1-6-3-4-8(5-6)10(2,7)9;1-3-2/h6,9-11,17H,2-5,7-8H2,1H3,(H,18,20)(H,21,22)(H2,16,23,24);3-5H,2H2,1H3,(H2,7,9);3H2,1-2H3. The Morgan fingerprint density at radius 2 is 1.66 bits per heavy atom. The monoisotopic (exact) mass is 574 g/mol. The van der Waals surface area contributed by atoms with Crippen molar-refractivity contribution in [1.82, 2.24) is 18.6 Å². The fraction of sp³-hybridized carbons (Fsp3) is 0.542. The molecule has 1 aliphatic rings. The van der Waals surface area contributed by atoms with Gasteiger partial charge >= 0.3 is 16.2 Å². The minimum Gasteiger partial charge on any atom is -0.477 e. The summed E-state index contributed by atoms with van der Waals surface area (Å²) in [7, 11) is -4.92. The summed E-state index contributed by atoms with van der Waals surface area (Å²) in [6.07, 6.45) is 8.30. The highest BCUT2D eigenvalue weighted by molar-refractivity contribution is 7.96. The molecule has 216 valence electrons. The van der Waals surface area contributed by atoms with Gasteiger partial charge < -0.3 is 15.7 Å². The Balaban J connectivity index is 0.000000459. The number of carbonyl (C=O) groups excluding carboxylic acids is 1. The van der Waals surface area contributed by atoms with Gasteiger partial charge in [-0.25, -0.2) is 23.3 Å². The van der Waals surface area contributed by atoms with Crippen molar-refractivity contribution >= 4 is 37.9 Å². The second-order valence-electron chi connectivity index (χ2n) is 9.15. The molecule has 1 aliphatic carbocycles. The number of rotatable bonds is 8. The largest absolute Gasteiger partial charge is 0.477 e. The Kier molecular flexibility index (Phi) is 13.2. The minimum absolute atomic E-state index is 0.00858. The summed E-state index contributed by atoms with van der Waals surface area (Å²) in [5, 5.41) is 25.5. The molecular formula is C24H42N6O6S2. The number of nitrogens with two attached hydrogens (primary N) is 2. The van der Waals surface area contributed by atoms with Gasteiger partial charge in [-0.15, -0.1) is 0 Å². The van der Waals surface area contributed by atoms with Gasteiger partial charge in [-0.2, -0.15) is 8.42 Å². The van der Waals surface area contributed by atoms with E-state index in [4.69, 9.17) is 10.3 Å². The van der Waals surface area contributed by atoms with Crippen LogP contribution in [0.5, 0.6) is 0 Å². The Morgan fingerprint density at radius 3 is 2.05 bits per heavy atom. The van der Waals surface area contributed by atoms with E-state index in [0.29, 0.717) is 48.3 Å². The lowest BCUT2D eigenvalue weighted by Gasteiger charge is -2.28. The summed E-state index contributed by atoms with van der Waals surface area (Å²) in [6, 6.07) is 3.32. The summed E-state index contributed by atoms with van der Waals surface area (Å²) in [5.74, 6) is 1.80. The number of likely N-dealkylation sites (N-methyl/N-ethyl adjacent to an activating group) is 1. The smallest absolute Gasteiger partial charge is 0.353 e. The molecule has 0 bridgehead atoms. The number of carboxylic acids is 1. The zero-order valence-corrected chi connectivity index (χ0v) is 24.2. The fourth-order valence-corrected chi connectivity index (χ4v) is 5.26. The van der Waals surface area contributed by atoms with Crippen molar-refractivity contribution in [3.63, 3.8) is 0 Å². The second-order valence-corrected chi connectivity index (χ2v) is 12.4. The molecule has 3 rings (SSSR count).